The zero-order valence-corrected chi connectivity index (χ0v) is 10.4. The van der Waals surface area contributed by atoms with Gasteiger partial charge in [-0.1, -0.05) is 0 Å². The molecular weight excluding hydrogens is 264 g/mol. The van der Waals surface area contributed by atoms with Gasteiger partial charge in [0.25, 0.3) is 0 Å². The number of rotatable bonds is 3. The van der Waals surface area contributed by atoms with Crippen LogP contribution in [0.2, 0.25) is 0 Å². The lowest BCUT2D eigenvalue weighted by Crippen LogP contribution is -2.38. The summed E-state index contributed by atoms with van der Waals surface area (Å²) < 4.78 is 5.87. The number of nitrogens with one attached hydrogen (secondary N) is 1. The Hall–Kier alpha value is -1.48. The summed E-state index contributed by atoms with van der Waals surface area (Å²) in [5, 5.41) is 12.8. The molecule has 1 aromatic rings. The van der Waals surface area contributed by atoms with Crippen LogP contribution in [0.5, 0.6) is 0 Å². The molecule has 1 aromatic heterocycles. The van der Waals surface area contributed by atoms with Crippen LogP contribution >= 0.6 is 23.6 Å². The maximum absolute atomic E-state index is 10.4. The van der Waals surface area contributed by atoms with E-state index in [4.69, 9.17) is 17.0 Å². The van der Waals surface area contributed by atoms with Crippen LogP contribution in [0.25, 0.3) is 0 Å². The lowest BCUT2D eigenvalue weighted by atomic mass is 10.3. The summed E-state index contributed by atoms with van der Waals surface area (Å²) in [6, 6.07) is 0.0700. The fraction of sp³-hybridized carbons (Fsp3) is 0.500. The van der Waals surface area contributed by atoms with E-state index in [1.165, 1.54) is 11.3 Å². The highest BCUT2D eigenvalue weighted by Gasteiger charge is 2.22. The lowest BCUT2D eigenvalue weighted by Gasteiger charge is -2.27. The topological polar surface area (TPSA) is 83.8 Å². The van der Waals surface area contributed by atoms with Gasteiger partial charge in [-0.2, -0.15) is 0 Å². The number of ether oxygens (including phenoxy) is 1. The van der Waals surface area contributed by atoms with Gasteiger partial charge in [-0.3, -0.25) is 0 Å². The first-order valence-corrected chi connectivity index (χ1v) is 6.16. The molecule has 1 aliphatic heterocycles. The smallest absolute Gasteiger partial charge is 0.362 e. The highest BCUT2D eigenvalue weighted by atomic mass is 32.1. The minimum atomic E-state index is -0.743. The first-order chi connectivity index (χ1) is 8.15. The number of amidine groups is 1. The number of aromatic amines is 1. The molecule has 0 aromatic carbocycles. The summed E-state index contributed by atoms with van der Waals surface area (Å²) in [4.78, 5) is 16.0. The third kappa shape index (κ3) is 3.24. The van der Waals surface area contributed by atoms with Crippen molar-refractivity contribution in [1.29, 1.82) is 0 Å². The number of thiazole rings is 1. The summed E-state index contributed by atoms with van der Waals surface area (Å²) >= 11 is 6.41. The maximum Gasteiger partial charge on any atom is 0.362 e. The monoisotopic (exact) mass is 274 g/mol. The zero-order chi connectivity index (χ0) is 12.3. The molecule has 0 amide bonds. The van der Waals surface area contributed by atoms with E-state index in [0.717, 1.165) is 11.3 Å². The molecule has 1 N–H and O–H groups in total. The van der Waals surface area contributed by atoms with E-state index in [2.05, 4.69) is 10.1 Å². The molecule has 2 rings (SSSR count). The number of hydrazone groups is 1. The summed E-state index contributed by atoms with van der Waals surface area (Å²) in [5.74, 6) is 0. The second kappa shape index (κ2) is 5.23. The molecule has 2 heterocycles. The Morgan fingerprint density at radius 3 is 3.24 bits per heavy atom. The van der Waals surface area contributed by atoms with E-state index in [1.807, 2.05) is 0 Å². The third-order valence-corrected chi connectivity index (χ3v) is 3.34. The molecule has 1 aliphatic rings. The van der Waals surface area contributed by atoms with Gasteiger partial charge in [-0.25, -0.2) is 10.1 Å². The molecule has 0 radical (unpaired) electrons. The van der Waals surface area contributed by atoms with Crippen LogP contribution < -0.4 is 0 Å². The molecule has 0 spiro atoms. The van der Waals surface area contributed by atoms with Crippen LogP contribution in [0.15, 0.2) is 11.3 Å². The van der Waals surface area contributed by atoms with Crippen molar-refractivity contribution in [2.45, 2.75) is 13.0 Å². The van der Waals surface area contributed by atoms with Gasteiger partial charge in [-0.05, 0) is 18.6 Å². The molecule has 17 heavy (non-hydrogen) atoms. The summed E-state index contributed by atoms with van der Waals surface area (Å²) in [6.07, 6.45) is 2.62. The van der Waals surface area contributed by atoms with Gasteiger partial charge >= 0.3 is 6.02 Å². The predicted octanol–water partition coefficient (Wildman–Crippen LogP) is 1.58. The van der Waals surface area contributed by atoms with E-state index >= 15 is 0 Å². The standard InChI is InChI=1S/C8H10N4O3S2/c13-12(14)10-7-11(2-1-3-15-7)5-6-4-9-8(16)17-6/h4H,1-3,5H2,(H,9,16)/b10-7-. The Morgan fingerprint density at radius 2 is 2.59 bits per heavy atom. The van der Waals surface area contributed by atoms with Gasteiger partial charge in [0.1, 0.15) is 5.10 Å². The number of nitro groups is 1. The van der Waals surface area contributed by atoms with Crippen molar-refractivity contribution in [3.05, 3.63) is 25.1 Å². The van der Waals surface area contributed by atoms with Gasteiger partial charge in [0.05, 0.1) is 13.2 Å². The Balaban J connectivity index is 2.11. The van der Waals surface area contributed by atoms with E-state index in [9.17, 15) is 10.1 Å². The molecule has 0 unspecified atom stereocenters. The Bertz CT molecular complexity index is 495. The molecule has 0 saturated carbocycles. The number of hydrogen-bond acceptors (Lipinski definition) is 5. The largest absolute Gasteiger partial charge is 0.461 e. The van der Waals surface area contributed by atoms with Crippen molar-refractivity contribution in [2.24, 2.45) is 5.10 Å². The van der Waals surface area contributed by atoms with Crippen molar-refractivity contribution in [3.8, 4) is 0 Å². The zero-order valence-electron chi connectivity index (χ0n) is 8.79. The van der Waals surface area contributed by atoms with Crippen molar-refractivity contribution < 1.29 is 9.77 Å². The normalized spacial score (nSPS) is 18.1. The van der Waals surface area contributed by atoms with Crippen molar-refractivity contribution in [3.63, 3.8) is 0 Å². The fourth-order valence-electron chi connectivity index (χ4n) is 1.50. The predicted molar refractivity (Wildman–Crippen MR) is 64.9 cm³/mol. The molecule has 1 saturated heterocycles. The quantitative estimate of drug-likeness (QED) is 0.514. The van der Waals surface area contributed by atoms with Gasteiger partial charge in [0.15, 0.2) is 8.99 Å². The molecule has 0 atom stereocenters. The molecular formula is C8H10N4O3S2. The van der Waals surface area contributed by atoms with Crippen molar-refractivity contribution >= 4 is 29.6 Å². The van der Waals surface area contributed by atoms with E-state index in [0.29, 0.717) is 23.7 Å². The maximum atomic E-state index is 10.4. The first kappa shape index (κ1) is 12.0. The second-order valence-corrected chi connectivity index (χ2v) is 5.19. The number of aromatic nitrogens is 1. The number of hydrogen-bond donors (Lipinski definition) is 1. The second-order valence-electron chi connectivity index (χ2n) is 3.39. The molecule has 0 bridgehead atoms. The number of H-pyrrole nitrogens is 1. The summed E-state index contributed by atoms with van der Waals surface area (Å²) in [7, 11) is 0. The SMILES string of the molecule is O=[N+]([O-])/N=C1\OCCCN1Cc1c[nH]c(=S)s1. The molecule has 7 nitrogen and oxygen atoms in total. The first-order valence-electron chi connectivity index (χ1n) is 4.93. The number of nitrogens with zero attached hydrogens (tertiary/aromatic N) is 3. The van der Waals surface area contributed by atoms with E-state index in [-0.39, 0.29) is 6.02 Å². The van der Waals surface area contributed by atoms with E-state index in [1.54, 1.807) is 11.1 Å². The van der Waals surface area contributed by atoms with Gasteiger partial charge in [0, 0.05) is 17.6 Å². The average Bonchev–Trinajstić information content (AvgIpc) is 2.66. The highest BCUT2D eigenvalue weighted by Crippen LogP contribution is 2.15. The Kier molecular flexibility index (Phi) is 3.69. The van der Waals surface area contributed by atoms with Crippen LogP contribution in [-0.2, 0) is 11.3 Å². The average molecular weight is 274 g/mol. The Morgan fingerprint density at radius 1 is 1.76 bits per heavy atom. The van der Waals surface area contributed by atoms with Crippen LogP contribution in [0, 0.1) is 14.1 Å². The van der Waals surface area contributed by atoms with Gasteiger partial charge < -0.3 is 14.6 Å². The molecule has 0 aliphatic carbocycles. The van der Waals surface area contributed by atoms with Crippen LogP contribution in [-0.4, -0.2) is 34.1 Å². The Labute approximate surface area is 106 Å². The molecule has 1 fully saturated rings. The van der Waals surface area contributed by atoms with Crippen molar-refractivity contribution in [1.82, 2.24) is 9.88 Å². The third-order valence-electron chi connectivity index (χ3n) is 2.16. The van der Waals surface area contributed by atoms with Gasteiger partial charge in [0.2, 0.25) is 0 Å². The minimum Gasteiger partial charge on any atom is -0.461 e. The van der Waals surface area contributed by atoms with Crippen LogP contribution in [0.1, 0.15) is 11.3 Å². The highest BCUT2D eigenvalue weighted by molar-refractivity contribution is 7.73. The van der Waals surface area contributed by atoms with Crippen LogP contribution in [0.3, 0.4) is 0 Å². The van der Waals surface area contributed by atoms with Gasteiger partial charge in [-0.15, -0.1) is 11.3 Å². The van der Waals surface area contributed by atoms with Crippen molar-refractivity contribution in [2.75, 3.05) is 13.2 Å². The lowest BCUT2D eigenvalue weighted by molar-refractivity contribution is -0.487. The minimum absolute atomic E-state index is 0.0700. The summed E-state index contributed by atoms with van der Waals surface area (Å²) in [5.41, 5.74) is 0. The summed E-state index contributed by atoms with van der Waals surface area (Å²) in [6.45, 7) is 1.67. The molecule has 9 heteroatoms. The van der Waals surface area contributed by atoms with Crippen LogP contribution in [0.4, 0.5) is 0 Å². The molecule has 92 valence electrons. The fourth-order valence-corrected chi connectivity index (χ4v) is 2.57. The van der Waals surface area contributed by atoms with E-state index < -0.39 is 5.03 Å².